The Bertz CT molecular complexity index is 530. The molecule has 0 aliphatic rings. The highest BCUT2D eigenvalue weighted by Crippen LogP contribution is 2.25. The summed E-state index contributed by atoms with van der Waals surface area (Å²) in [4.78, 5) is 8.61. The van der Waals surface area contributed by atoms with E-state index in [-0.39, 0.29) is 5.41 Å². The quantitative estimate of drug-likeness (QED) is 0.757. The Morgan fingerprint density at radius 2 is 1.82 bits per heavy atom. The van der Waals surface area contributed by atoms with E-state index in [1.807, 2.05) is 30.3 Å². The lowest BCUT2D eigenvalue weighted by Gasteiger charge is -2.17. The highest BCUT2D eigenvalue weighted by atomic mass is 35.5. The number of nitrogens with zero attached hydrogens (tertiary/aromatic N) is 2. The van der Waals surface area contributed by atoms with Gasteiger partial charge in [-0.2, -0.15) is 0 Å². The Kier molecular flexibility index (Phi) is 3.16. The monoisotopic (exact) mass is 246 g/mol. The van der Waals surface area contributed by atoms with Gasteiger partial charge in [0.1, 0.15) is 6.33 Å². The predicted octanol–water partition coefficient (Wildman–Crippen LogP) is 4.09. The summed E-state index contributed by atoms with van der Waals surface area (Å²) < 4.78 is 0. The van der Waals surface area contributed by atoms with E-state index >= 15 is 0 Å². The van der Waals surface area contributed by atoms with Crippen molar-refractivity contribution in [3.8, 4) is 11.3 Å². The Morgan fingerprint density at radius 3 is 2.47 bits per heavy atom. The van der Waals surface area contributed by atoms with Gasteiger partial charge in [-0.3, -0.25) is 0 Å². The van der Waals surface area contributed by atoms with Gasteiger partial charge in [0.05, 0.1) is 5.69 Å². The molecule has 2 aromatic rings. The van der Waals surface area contributed by atoms with E-state index in [0.29, 0.717) is 0 Å². The van der Waals surface area contributed by atoms with Crippen molar-refractivity contribution < 1.29 is 0 Å². The minimum atomic E-state index is 0.0241. The molecule has 0 aliphatic carbocycles. The van der Waals surface area contributed by atoms with Crippen molar-refractivity contribution >= 4 is 11.6 Å². The molecule has 0 saturated heterocycles. The maximum Gasteiger partial charge on any atom is 0.116 e. The van der Waals surface area contributed by atoms with Gasteiger partial charge in [0.2, 0.25) is 0 Å². The van der Waals surface area contributed by atoms with Crippen LogP contribution < -0.4 is 0 Å². The largest absolute Gasteiger partial charge is 0.241 e. The molecule has 2 rings (SSSR count). The Labute approximate surface area is 107 Å². The zero-order chi connectivity index (χ0) is 12.5. The van der Waals surface area contributed by atoms with Gasteiger partial charge in [-0.1, -0.05) is 44.5 Å². The maximum absolute atomic E-state index is 5.98. The molecular formula is C14H15ClN2. The first-order valence-corrected chi connectivity index (χ1v) is 5.93. The Hall–Kier alpha value is -1.41. The van der Waals surface area contributed by atoms with Crippen LogP contribution in [0.3, 0.4) is 0 Å². The molecule has 0 atom stereocenters. The van der Waals surface area contributed by atoms with Crippen LogP contribution in [0.5, 0.6) is 0 Å². The average molecular weight is 247 g/mol. The second-order valence-corrected chi connectivity index (χ2v) is 5.49. The van der Waals surface area contributed by atoms with E-state index in [9.17, 15) is 0 Å². The second-order valence-electron chi connectivity index (χ2n) is 5.05. The van der Waals surface area contributed by atoms with Gasteiger partial charge >= 0.3 is 0 Å². The van der Waals surface area contributed by atoms with Gasteiger partial charge in [0.15, 0.2) is 0 Å². The summed E-state index contributed by atoms with van der Waals surface area (Å²) in [7, 11) is 0. The van der Waals surface area contributed by atoms with Crippen LogP contribution in [-0.4, -0.2) is 9.97 Å². The van der Waals surface area contributed by atoms with Crippen LogP contribution in [0.15, 0.2) is 36.7 Å². The highest BCUT2D eigenvalue weighted by molar-refractivity contribution is 6.30. The SMILES string of the molecule is CC(C)(C)c1cc(-c2cccc(Cl)c2)ncn1. The van der Waals surface area contributed by atoms with E-state index in [4.69, 9.17) is 11.6 Å². The minimum Gasteiger partial charge on any atom is -0.241 e. The molecule has 0 saturated carbocycles. The smallest absolute Gasteiger partial charge is 0.116 e. The maximum atomic E-state index is 5.98. The summed E-state index contributed by atoms with van der Waals surface area (Å²) in [5.41, 5.74) is 2.98. The van der Waals surface area contributed by atoms with Crippen LogP contribution in [0.1, 0.15) is 26.5 Å². The minimum absolute atomic E-state index is 0.0241. The molecule has 0 radical (unpaired) electrons. The van der Waals surface area contributed by atoms with Gasteiger partial charge in [0.25, 0.3) is 0 Å². The van der Waals surface area contributed by atoms with Crippen LogP contribution in [0, 0.1) is 0 Å². The molecule has 0 N–H and O–H groups in total. The van der Waals surface area contributed by atoms with Gasteiger partial charge < -0.3 is 0 Å². The lowest BCUT2D eigenvalue weighted by molar-refractivity contribution is 0.567. The first kappa shape index (κ1) is 12.1. The molecule has 88 valence electrons. The molecule has 1 aromatic carbocycles. The third-order valence-corrected chi connectivity index (χ3v) is 2.79. The summed E-state index contributed by atoms with van der Waals surface area (Å²) in [6, 6.07) is 9.72. The van der Waals surface area contributed by atoms with Crippen molar-refractivity contribution in [2.24, 2.45) is 0 Å². The number of hydrogen-bond donors (Lipinski definition) is 0. The Balaban J connectivity index is 2.47. The molecule has 1 aromatic heterocycles. The first-order valence-electron chi connectivity index (χ1n) is 5.55. The van der Waals surface area contributed by atoms with Crippen LogP contribution in [-0.2, 0) is 5.41 Å². The van der Waals surface area contributed by atoms with E-state index in [0.717, 1.165) is 22.0 Å². The Morgan fingerprint density at radius 1 is 1.06 bits per heavy atom. The van der Waals surface area contributed by atoms with E-state index in [1.165, 1.54) is 0 Å². The molecule has 3 heteroatoms. The summed E-state index contributed by atoms with van der Waals surface area (Å²) in [6.45, 7) is 6.41. The lowest BCUT2D eigenvalue weighted by atomic mass is 9.91. The summed E-state index contributed by atoms with van der Waals surface area (Å²) >= 11 is 5.98. The van der Waals surface area contributed by atoms with Gasteiger partial charge in [0, 0.05) is 21.7 Å². The molecule has 0 spiro atoms. The van der Waals surface area contributed by atoms with Crippen molar-refractivity contribution in [2.45, 2.75) is 26.2 Å². The van der Waals surface area contributed by atoms with Crippen LogP contribution in [0.2, 0.25) is 5.02 Å². The molecule has 0 fully saturated rings. The number of benzene rings is 1. The molecule has 0 bridgehead atoms. The zero-order valence-electron chi connectivity index (χ0n) is 10.2. The molecular weight excluding hydrogens is 232 g/mol. The third kappa shape index (κ3) is 2.83. The fourth-order valence-corrected chi connectivity index (χ4v) is 1.76. The number of rotatable bonds is 1. The van der Waals surface area contributed by atoms with E-state index < -0.39 is 0 Å². The van der Waals surface area contributed by atoms with Gasteiger partial charge in [-0.15, -0.1) is 0 Å². The van der Waals surface area contributed by atoms with Crippen LogP contribution in [0.25, 0.3) is 11.3 Å². The van der Waals surface area contributed by atoms with E-state index in [2.05, 4.69) is 30.7 Å². The molecule has 0 aliphatic heterocycles. The average Bonchev–Trinajstić information content (AvgIpc) is 2.28. The van der Waals surface area contributed by atoms with Crippen molar-refractivity contribution in [3.63, 3.8) is 0 Å². The van der Waals surface area contributed by atoms with Crippen LogP contribution in [0.4, 0.5) is 0 Å². The molecule has 2 nitrogen and oxygen atoms in total. The molecule has 17 heavy (non-hydrogen) atoms. The molecule has 1 heterocycles. The van der Waals surface area contributed by atoms with Crippen molar-refractivity contribution in [1.82, 2.24) is 9.97 Å². The predicted molar refractivity (Wildman–Crippen MR) is 71.2 cm³/mol. The molecule has 0 unspecified atom stereocenters. The summed E-state index contributed by atoms with van der Waals surface area (Å²) in [5, 5.41) is 0.721. The third-order valence-electron chi connectivity index (χ3n) is 2.56. The second kappa shape index (κ2) is 4.46. The van der Waals surface area contributed by atoms with Gasteiger partial charge in [-0.05, 0) is 18.2 Å². The van der Waals surface area contributed by atoms with Crippen LogP contribution >= 0.6 is 11.6 Å². The fourth-order valence-electron chi connectivity index (χ4n) is 1.57. The zero-order valence-corrected chi connectivity index (χ0v) is 11.0. The number of halogens is 1. The fraction of sp³-hybridized carbons (Fsp3) is 0.286. The summed E-state index contributed by atoms with van der Waals surface area (Å²) in [5.74, 6) is 0. The van der Waals surface area contributed by atoms with Crippen molar-refractivity contribution in [1.29, 1.82) is 0 Å². The van der Waals surface area contributed by atoms with Crippen molar-refractivity contribution in [2.75, 3.05) is 0 Å². The number of hydrogen-bond acceptors (Lipinski definition) is 2. The van der Waals surface area contributed by atoms with Gasteiger partial charge in [-0.25, -0.2) is 9.97 Å². The van der Waals surface area contributed by atoms with E-state index in [1.54, 1.807) is 6.33 Å². The first-order chi connectivity index (χ1) is 7.97. The number of aromatic nitrogens is 2. The standard InChI is InChI=1S/C14H15ClN2/c1-14(2,3)13-8-12(16-9-17-13)10-5-4-6-11(15)7-10/h4-9H,1-3H3. The molecule has 0 amide bonds. The highest BCUT2D eigenvalue weighted by Gasteiger charge is 2.16. The normalized spacial score (nSPS) is 11.5. The summed E-state index contributed by atoms with van der Waals surface area (Å²) in [6.07, 6.45) is 1.61. The topological polar surface area (TPSA) is 25.8 Å². The lowest BCUT2D eigenvalue weighted by Crippen LogP contribution is -2.13. The van der Waals surface area contributed by atoms with Crippen molar-refractivity contribution in [3.05, 3.63) is 47.4 Å².